The summed E-state index contributed by atoms with van der Waals surface area (Å²) in [5, 5.41) is 21.4. The van der Waals surface area contributed by atoms with E-state index in [0.29, 0.717) is 100 Å². The first-order valence-electron chi connectivity index (χ1n) is 22.1. The quantitative estimate of drug-likeness (QED) is 0.215. The summed E-state index contributed by atoms with van der Waals surface area (Å²) in [4.78, 5) is 51.0. The fourth-order valence-corrected chi connectivity index (χ4v) is 9.58. The predicted octanol–water partition coefficient (Wildman–Crippen LogP) is 4.41. The van der Waals surface area contributed by atoms with Gasteiger partial charge in [-0.2, -0.15) is 0 Å². The fourth-order valence-electron chi connectivity index (χ4n) is 9.58. The summed E-state index contributed by atoms with van der Waals surface area (Å²) >= 11 is 0. The molecule has 4 N–H and O–H groups in total. The number of hydrogen-bond donors (Lipinski definition) is 3. The van der Waals surface area contributed by atoms with Crippen molar-refractivity contribution >= 4 is 41.4 Å². The first-order chi connectivity index (χ1) is 30.6. The predicted molar refractivity (Wildman–Crippen MR) is 234 cm³/mol. The lowest BCUT2D eigenvalue weighted by Gasteiger charge is -2.43. The number of anilines is 2. The summed E-state index contributed by atoms with van der Waals surface area (Å²) in [6.07, 6.45) is 6.56. The molecule has 1 unspecified atom stereocenters. The van der Waals surface area contributed by atoms with E-state index in [4.69, 9.17) is 24.9 Å². The van der Waals surface area contributed by atoms with Gasteiger partial charge in [0, 0.05) is 87.8 Å². The van der Waals surface area contributed by atoms with Gasteiger partial charge in [0.25, 0.3) is 5.91 Å². The first kappa shape index (κ1) is 41.1. The van der Waals surface area contributed by atoms with Crippen molar-refractivity contribution in [1.29, 1.82) is 0 Å². The molecule has 5 fully saturated rings. The number of nitrogens with two attached hydrogens (primary N) is 1. The number of piperazine rings is 1. The van der Waals surface area contributed by atoms with Crippen molar-refractivity contribution in [1.82, 2.24) is 34.8 Å². The number of carbonyl (C=O) groups excluding carboxylic acids is 3. The van der Waals surface area contributed by atoms with Gasteiger partial charge in [0.15, 0.2) is 12.1 Å². The number of para-hydroxylation sites is 1. The second-order valence-electron chi connectivity index (χ2n) is 17.6. The average molecular weight is 859 g/mol. The van der Waals surface area contributed by atoms with Gasteiger partial charge in [-0.3, -0.25) is 19.8 Å². The van der Waals surface area contributed by atoms with Crippen molar-refractivity contribution < 1.29 is 33.7 Å². The molecule has 1 saturated carbocycles. The molecule has 4 amide bonds. The monoisotopic (exact) mass is 858 g/mol. The van der Waals surface area contributed by atoms with Gasteiger partial charge in [-0.15, -0.1) is 10.2 Å². The van der Waals surface area contributed by atoms with E-state index in [2.05, 4.69) is 43.0 Å². The normalized spacial score (nSPS) is 26.7. The maximum absolute atomic E-state index is 13.7. The van der Waals surface area contributed by atoms with Crippen LogP contribution in [0.3, 0.4) is 0 Å². The molecule has 17 nitrogen and oxygen atoms in total. The number of nitrogens with one attached hydrogen (secondary N) is 1. The summed E-state index contributed by atoms with van der Waals surface area (Å²) in [7, 11) is 0. The smallest absolute Gasteiger partial charge is 0.324 e. The zero-order valence-corrected chi connectivity index (χ0v) is 35.6. The van der Waals surface area contributed by atoms with E-state index in [-0.39, 0.29) is 60.2 Å². The number of hydrogen-bond acceptors (Lipinski definition) is 13. The van der Waals surface area contributed by atoms with E-state index in [0.717, 1.165) is 29.9 Å². The topological polar surface area (TPSA) is 193 Å². The highest BCUT2D eigenvalue weighted by Gasteiger charge is 2.39. The molecule has 5 aliphatic heterocycles. The average Bonchev–Trinajstić information content (AvgIpc) is 4.08. The molecule has 0 bridgehead atoms. The number of benzene rings is 2. The number of phenolic OH excluding ortho intramolecular Hbond substituents is 1. The number of fused-ring (bicyclic) bond motifs is 1. The molecule has 10 rings (SSSR count). The largest absolute Gasteiger partial charge is 0.507 e. The second-order valence-corrected chi connectivity index (χ2v) is 17.6. The van der Waals surface area contributed by atoms with Crippen LogP contribution >= 0.6 is 0 Å². The summed E-state index contributed by atoms with van der Waals surface area (Å²) in [5.41, 5.74) is 12.3. The minimum absolute atomic E-state index is 0.00128. The molecule has 17 heteroatoms. The Bertz CT molecular complexity index is 2400. The standard InChI is InChI=1S/C46H54N10O7/c1-27-28(2)63-40(23-55(27)38-20-37(50-51-43(38)47)34-5-3-4-6-39(34)57)30-9-11-31(12-10-30)45(59)53-17-15-52(16-18-53)24-42-61-25-33(26-62-42)56-22-36(29-7-8-29)35-19-32(21-48-44(35)56)54-14-13-41(58)49-46(54)60/h3-6,9-12,20-22,27-29,32-33,40,42,57H,7-8,13-19,23-26H2,1-2H3,(H2,47,51)(H,49,58,60)/t27-,28+,32?,33?,40+,42?/m1/s1. The molecule has 6 aliphatic rings. The van der Waals surface area contributed by atoms with E-state index < -0.39 is 0 Å². The number of imide groups is 1. The highest BCUT2D eigenvalue weighted by atomic mass is 16.7. The Kier molecular flexibility index (Phi) is 11.1. The van der Waals surface area contributed by atoms with Crippen LogP contribution in [-0.4, -0.2) is 142 Å². The Labute approximate surface area is 365 Å². The zero-order valence-electron chi connectivity index (χ0n) is 35.6. The van der Waals surface area contributed by atoms with Gasteiger partial charge in [-0.25, -0.2) is 9.79 Å². The fraction of sp³-hybridized carbons (Fsp3) is 0.478. The Morgan fingerprint density at radius 2 is 1.71 bits per heavy atom. The number of carbonyl (C=O) groups is 3. The van der Waals surface area contributed by atoms with Crippen LogP contribution in [0.5, 0.6) is 5.75 Å². The molecular formula is C46H54N10O7. The lowest BCUT2D eigenvalue weighted by Crippen LogP contribution is -2.54. The number of aromatic hydroxyl groups is 1. The third kappa shape index (κ3) is 8.25. The van der Waals surface area contributed by atoms with Crippen molar-refractivity contribution in [3.05, 3.63) is 83.0 Å². The molecule has 63 heavy (non-hydrogen) atoms. The van der Waals surface area contributed by atoms with Gasteiger partial charge in [0.1, 0.15) is 17.7 Å². The van der Waals surface area contributed by atoms with Crippen LogP contribution in [0.4, 0.5) is 22.1 Å². The van der Waals surface area contributed by atoms with Crippen LogP contribution in [0.2, 0.25) is 0 Å². The number of ether oxygens (including phenoxy) is 3. The van der Waals surface area contributed by atoms with Gasteiger partial charge in [-0.1, -0.05) is 24.3 Å². The number of urea groups is 1. The summed E-state index contributed by atoms with van der Waals surface area (Å²) in [5.74, 6) is 1.61. The minimum Gasteiger partial charge on any atom is -0.507 e. The summed E-state index contributed by atoms with van der Waals surface area (Å²) in [6.45, 7) is 9.28. The molecular weight excluding hydrogens is 805 g/mol. The number of rotatable bonds is 9. The number of aliphatic imine (C=N–C) groups is 1. The maximum atomic E-state index is 13.7. The molecule has 2 aromatic carbocycles. The van der Waals surface area contributed by atoms with Crippen LogP contribution in [0.1, 0.15) is 78.2 Å². The summed E-state index contributed by atoms with van der Waals surface area (Å²) < 4.78 is 21.3. The molecule has 330 valence electrons. The number of morpholine rings is 1. The second kappa shape index (κ2) is 17.0. The molecule has 4 aromatic rings. The third-order valence-corrected chi connectivity index (χ3v) is 13.6. The van der Waals surface area contributed by atoms with Crippen LogP contribution < -0.4 is 16.0 Å². The van der Waals surface area contributed by atoms with E-state index in [1.54, 1.807) is 23.1 Å². The molecule has 7 heterocycles. The van der Waals surface area contributed by atoms with Crippen molar-refractivity contribution in [3.63, 3.8) is 0 Å². The highest BCUT2D eigenvalue weighted by molar-refractivity contribution is 5.98. The Hall–Kier alpha value is -5.88. The third-order valence-electron chi connectivity index (χ3n) is 13.6. The molecule has 4 atom stereocenters. The molecule has 1 aliphatic carbocycles. The van der Waals surface area contributed by atoms with Crippen LogP contribution in [-0.2, 0) is 25.4 Å². The molecule has 0 radical (unpaired) electrons. The molecule has 0 spiro atoms. The van der Waals surface area contributed by atoms with Crippen molar-refractivity contribution in [2.75, 3.05) is 69.7 Å². The van der Waals surface area contributed by atoms with Crippen LogP contribution in [0.25, 0.3) is 11.3 Å². The maximum Gasteiger partial charge on any atom is 0.324 e. The van der Waals surface area contributed by atoms with E-state index in [9.17, 15) is 19.5 Å². The van der Waals surface area contributed by atoms with Crippen molar-refractivity contribution in [3.8, 4) is 17.0 Å². The number of amides is 4. The van der Waals surface area contributed by atoms with Gasteiger partial charge in [-0.05, 0) is 74.1 Å². The Morgan fingerprint density at radius 3 is 2.44 bits per heavy atom. The Balaban J connectivity index is 0.718. The lowest BCUT2D eigenvalue weighted by molar-refractivity contribution is -0.204. The van der Waals surface area contributed by atoms with E-state index in [1.165, 1.54) is 11.1 Å². The number of aromatic nitrogens is 3. The van der Waals surface area contributed by atoms with Crippen LogP contribution in [0, 0.1) is 0 Å². The SMILES string of the molecule is C[C@@H]1O[C@H](c2ccc(C(=O)N3CCN(CC4OCC(n5cc(C6CC6)c6c5N=CC(N5CCC(=O)NC5=O)C6)CO4)CC3)cc2)CN(c2cc(-c3ccccc3O)nnc2N)[C@@H]1C. The van der Waals surface area contributed by atoms with Gasteiger partial charge < -0.3 is 44.3 Å². The van der Waals surface area contributed by atoms with Gasteiger partial charge >= 0.3 is 6.03 Å². The van der Waals surface area contributed by atoms with Gasteiger partial charge in [0.05, 0.1) is 48.8 Å². The molecule has 4 saturated heterocycles. The van der Waals surface area contributed by atoms with Crippen LogP contribution in [0.15, 0.2) is 65.8 Å². The highest BCUT2D eigenvalue weighted by Crippen LogP contribution is 2.47. The summed E-state index contributed by atoms with van der Waals surface area (Å²) in [6, 6.07) is 16.0. The van der Waals surface area contributed by atoms with E-state index in [1.807, 2.05) is 54.4 Å². The van der Waals surface area contributed by atoms with Crippen molar-refractivity contribution in [2.45, 2.75) is 82.1 Å². The Morgan fingerprint density at radius 1 is 0.952 bits per heavy atom. The first-order valence-corrected chi connectivity index (χ1v) is 22.1. The van der Waals surface area contributed by atoms with Gasteiger partial charge in [0.2, 0.25) is 5.91 Å². The minimum atomic E-state index is -0.368. The number of phenols is 1. The molecule has 2 aromatic heterocycles. The van der Waals surface area contributed by atoms with Crippen molar-refractivity contribution in [2.24, 2.45) is 4.99 Å². The number of nitrogens with zero attached hydrogens (tertiary/aromatic N) is 8. The lowest BCUT2D eigenvalue weighted by atomic mass is 9.98. The zero-order chi connectivity index (χ0) is 43.4. The van der Waals surface area contributed by atoms with E-state index >= 15 is 0 Å². The number of nitrogen functional groups attached to an aromatic ring is 1.